The number of hydrogen-bond donors (Lipinski definition) is 3. The van der Waals surface area contributed by atoms with Crippen LogP contribution in [-0.2, 0) is 11.6 Å². The van der Waals surface area contributed by atoms with Crippen LogP contribution in [0.15, 0.2) is 41.5 Å². The fraction of sp³-hybridized carbons (Fsp3) is 0.421. The van der Waals surface area contributed by atoms with Crippen molar-refractivity contribution in [1.82, 2.24) is 20.6 Å². The molecule has 0 aliphatic rings. The zero-order valence-corrected chi connectivity index (χ0v) is 16.4. The highest BCUT2D eigenvalue weighted by Crippen LogP contribution is 2.27. The molecule has 0 spiro atoms. The molecule has 2 aromatic rings. The van der Waals surface area contributed by atoms with E-state index in [0.717, 1.165) is 17.8 Å². The Hall–Kier alpha value is -2.91. The Kier molecular flexibility index (Phi) is 7.35. The lowest BCUT2D eigenvalue weighted by atomic mass is 9.84. The summed E-state index contributed by atoms with van der Waals surface area (Å²) >= 11 is 0. The van der Waals surface area contributed by atoms with E-state index in [9.17, 15) is 17.6 Å². The van der Waals surface area contributed by atoms with Crippen LogP contribution in [0.3, 0.4) is 0 Å². The smallest absolute Gasteiger partial charge is 0.356 e. The summed E-state index contributed by atoms with van der Waals surface area (Å²) in [7, 11) is 1.61. The Balaban J connectivity index is 1.81. The Morgan fingerprint density at radius 3 is 2.52 bits per heavy atom. The molecule has 158 valence electrons. The number of hydrogen-bond acceptors (Lipinski definition) is 4. The van der Waals surface area contributed by atoms with Gasteiger partial charge in [-0.1, -0.05) is 26.0 Å². The number of nitrogens with one attached hydrogen (secondary N) is 3. The van der Waals surface area contributed by atoms with Gasteiger partial charge < -0.3 is 16.0 Å². The second kappa shape index (κ2) is 9.53. The SMILES string of the molecule is CN=C(NCCNc1nccc(C(F)(F)F)n1)NCC(C)(C)c1cccc(F)c1. The first-order valence-corrected chi connectivity index (χ1v) is 8.96. The van der Waals surface area contributed by atoms with E-state index in [1.165, 1.54) is 12.1 Å². The Labute approximate surface area is 166 Å². The van der Waals surface area contributed by atoms with Gasteiger partial charge in [-0.05, 0) is 23.8 Å². The van der Waals surface area contributed by atoms with E-state index in [4.69, 9.17) is 0 Å². The molecule has 1 aromatic heterocycles. The fourth-order valence-corrected chi connectivity index (χ4v) is 2.49. The second-order valence-electron chi connectivity index (χ2n) is 6.94. The average molecular weight is 412 g/mol. The predicted molar refractivity (Wildman–Crippen MR) is 104 cm³/mol. The Morgan fingerprint density at radius 1 is 1.10 bits per heavy atom. The molecule has 2 rings (SSSR count). The van der Waals surface area contributed by atoms with Crippen molar-refractivity contribution in [3.05, 3.63) is 53.6 Å². The zero-order chi connectivity index (χ0) is 21.5. The van der Waals surface area contributed by atoms with Crippen LogP contribution in [0.5, 0.6) is 0 Å². The number of nitrogens with zero attached hydrogens (tertiary/aromatic N) is 3. The number of aromatic nitrogens is 2. The highest BCUT2D eigenvalue weighted by atomic mass is 19.4. The van der Waals surface area contributed by atoms with Gasteiger partial charge in [-0.25, -0.2) is 14.4 Å². The van der Waals surface area contributed by atoms with Crippen LogP contribution >= 0.6 is 0 Å². The van der Waals surface area contributed by atoms with Gasteiger partial charge in [0.15, 0.2) is 5.96 Å². The van der Waals surface area contributed by atoms with E-state index in [1.54, 1.807) is 13.1 Å². The van der Waals surface area contributed by atoms with Crippen LogP contribution < -0.4 is 16.0 Å². The van der Waals surface area contributed by atoms with Crippen molar-refractivity contribution in [3.8, 4) is 0 Å². The fourth-order valence-electron chi connectivity index (χ4n) is 2.49. The van der Waals surface area contributed by atoms with Crippen molar-refractivity contribution in [2.75, 3.05) is 32.0 Å². The molecule has 0 bridgehead atoms. The molecule has 0 unspecified atom stereocenters. The normalized spacial score (nSPS) is 12.6. The van der Waals surface area contributed by atoms with E-state index in [1.807, 2.05) is 19.9 Å². The van der Waals surface area contributed by atoms with Crippen LogP contribution in [0, 0.1) is 5.82 Å². The molecule has 1 heterocycles. The lowest BCUT2D eigenvalue weighted by molar-refractivity contribution is -0.141. The predicted octanol–water partition coefficient (Wildman–Crippen LogP) is 3.19. The van der Waals surface area contributed by atoms with Crippen molar-refractivity contribution in [1.29, 1.82) is 0 Å². The van der Waals surface area contributed by atoms with E-state index in [2.05, 4.69) is 30.9 Å². The molecule has 0 saturated heterocycles. The molecule has 0 radical (unpaired) electrons. The number of benzene rings is 1. The van der Waals surface area contributed by atoms with Crippen LogP contribution in [0.4, 0.5) is 23.5 Å². The van der Waals surface area contributed by atoms with Crippen molar-refractivity contribution in [2.24, 2.45) is 4.99 Å². The highest BCUT2D eigenvalue weighted by Gasteiger charge is 2.32. The first kappa shape index (κ1) is 22.4. The van der Waals surface area contributed by atoms with Crippen LogP contribution in [-0.4, -0.2) is 42.6 Å². The molecule has 6 nitrogen and oxygen atoms in total. The summed E-state index contributed by atoms with van der Waals surface area (Å²) in [5.74, 6) is 0.124. The van der Waals surface area contributed by atoms with Crippen molar-refractivity contribution < 1.29 is 17.6 Å². The lowest BCUT2D eigenvalue weighted by Crippen LogP contribution is -2.44. The van der Waals surface area contributed by atoms with Crippen molar-refractivity contribution in [3.63, 3.8) is 0 Å². The molecule has 10 heteroatoms. The molecular weight excluding hydrogens is 388 g/mol. The zero-order valence-electron chi connectivity index (χ0n) is 16.4. The standard InChI is InChI=1S/C19H24F4N6/c1-18(2,13-5-4-6-14(20)11-13)12-28-16(24-3)26-9-10-27-17-25-8-7-15(29-17)19(21,22)23/h4-8,11H,9-10,12H2,1-3H3,(H2,24,26,28)(H,25,27,29). The van der Waals surface area contributed by atoms with Gasteiger partial charge >= 0.3 is 6.18 Å². The summed E-state index contributed by atoms with van der Waals surface area (Å²) in [4.78, 5) is 11.3. The first-order chi connectivity index (χ1) is 13.6. The molecule has 1 aromatic carbocycles. The molecule has 0 aliphatic heterocycles. The molecule has 0 fully saturated rings. The van der Waals surface area contributed by atoms with Gasteiger partial charge in [0.2, 0.25) is 5.95 Å². The molecule has 0 amide bonds. The third-order valence-corrected chi connectivity index (χ3v) is 4.17. The maximum Gasteiger partial charge on any atom is 0.433 e. The maximum absolute atomic E-state index is 13.5. The summed E-state index contributed by atoms with van der Waals surface area (Å²) in [6, 6.07) is 7.24. The van der Waals surface area contributed by atoms with Gasteiger partial charge in [-0.3, -0.25) is 4.99 Å². The summed E-state index contributed by atoms with van der Waals surface area (Å²) in [5, 5.41) is 8.94. The minimum atomic E-state index is -4.52. The quantitative estimate of drug-likeness (QED) is 0.282. The molecule has 0 atom stereocenters. The highest BCUT2D eigenvalue weighted by molar-refractivity contribution is 5.79. The summed E-state index contributed by atoms with van der Waals surface area (Å²) in [5.41, 5.74) is -0.493. The van der Waals surface area contributed by atoms with Gasteiger partial charge in [0.25, 0.3) is 0 Å². The van der Waals surface area contributed by atoms with Gasteiger partial charge in [0, 0.05) is 38.3 Å². The molecule has 0 aliphatic carbocycles. The number of aliphatic imine (C=N–C) groups is 1. The molecular formula is C19H24F4N6. The van der Waals surface area contributed by atoms with Crippen LogP contribution in [0.25, 0.3) is 0 Å². The van der Waals surface area contributed by atoms with Gasteiger partial charge in [0.05, 0.1) is 0 Å². The van der Waals surface area contributed by atoms with E-state index >= 15 is 0 Å². The van der Waals surface area contributed by atoms with E-state index in [-0.39, 0.29) is 23.7 Å². The lowest BCUT2D eigenvalue weighted by Gasteiger charge is -2.27. The number of rotatable bonds is 7. The Morgan fingerprint density at radius 2 is 1.86 bits per heavy atom. The van der Waals surface area contributed by atoms with E-state index < -0.39 is 11.9 Å². The number of alkyl halides is 3. The Bertz CT molecular complexity index is 835. The number of anilines is 1. The van der Waals surface area contributed by atoms with Crippen molar-refractivity contribution in [2.45, 2.75) is 25.4 Å². The maximum atomic E-state index is 13.5. The van der Waals surface area contributed by atoms with Gasteiger partial charge in [-0.15, -0.1) is 0 Å². The average Bonchev–Trinajstić information content (AvgIpc) is 2.67. The van der Waals surface area contributed by atoms with Crippen LogP contribution in [0.2, 0.25) is 0 Å². The van der Waals surface area contributed by atoms with Crippen LogP contribution in [0.1, 0.15) is 25.1 Å². The largest absolute Gasteiger partial charge is 0.433 e. The topological polar surface area (TPSA) is 74.2 Å². The van der Waals surface area contributed by atoms with Crippen molar-refractivity contribution >= 4 is 11.9 Å². The van der Waals surface area contributed by atoms with Gasteiger partial charge in [0.1, 0.15) is 11.5 Å². The summed E-state index contributed by atoms with van der Waals surface area (Å²) < 4.78 is 51.4. The molecule has 0 saturated carbocycles. The first-order valence-electron chi connectivity index (χ1n) is 8.96. The third-order valence-electron chi connectivity index (χ3n) is 4.17. The minimum absolute atomic E-state index is 0.100. The third kappa shape index (κ3) is 6.88. The van der Waals surface area contributed by atoms with E-state index in [0.29, 0.717) is 19.0 Å². The minimum Gasteiger partial charge on any atom is -0.356 e. The second-order valence-corrected chi connectivity index (χ2v) is 6.94. The summed E-state index contributed by atoms with van der Waals surface area (Å²) in [6.07, 6.45) is -3.46. The molecule has 3 N–H and O–H groups in total. The molecule has 29 heavy (non-hydrogen) atoms. The number of guanidine groups is 1. The monoisotopic (exact) mass is 412 g/mol. The summed E-state index contributed by atoms with van der Waals surface area (Å²) in [6.45, 7) is 5.12. The number of halogens is 4. The van der Waals surface area contributed by atoms with Gasteiger partial charge in [-0.2, -0.15) is 13.2 Å².